The van der Waals surface area contributed by atoms with Crippen molar-refractivity contribution in [3.63, 3.8) is 0 Å². The van der Waals surface area contributed by atoms with Crippen molar-refractivity contribution in [2.24, 2.45) is 11.8 Å². The topological polar surface area (TPSA) is 101 Å². The van der Waals surface area contributed by atoms with E-state index in [2.05, 4.69) is 53.4 Å². The van der Waals surface area contributed by atoms with Crippen LogP contribution in [0.3, 0.4) is 0 Å². The Balaban J connectivity index is 2.62. The lowest BCUT2D eigenvalue weighted by atomic mass is 10.2. The zero-order valence-corrected chi connectivity index (χ0v) is 13.4. The molecule has 0 spiro atoms. The lowest BCUT2D eigenvalue weighted by Gasteiger charge is -2.19. The summed E-state index contributed by atoms with van der Waals surface area (Å²) in [7, 11) is 0. The van der Waals surface area contributed by atoms with Crippen LogP contribution in [0.5, 0.6) is 0 Å². The summed E-state index contributed by atoms with van der Waals surface area (Å²) in [6, 6.07) is 0. The molecule has 0 atom stereocenters. The van der Waals surface area contributed by atoms with Gasteiger partial charge in [-0.05, 0) is 19.8 Å². The van der Waals surface area contributed by atoms with Gasteiger partial charge in [0.05, 0.1) is 6.61 Å². The number of aromatic nitrogens is 3. The van der Waals surface area contributed by atoms with Crippen LogP contribution in [0.4, 0.5) is 17.8 Å². The van der Waals surface area contributed by atoms with Crippen LogP contribution in [0.15, 0.2) is 0 Å². The quantitative estimate of drug-likeness (QED) is 0.335. The maximum Gasteiger partial charge on any atom is 0.243 e. The molecule has 0 aliphatic carbocycles. The van der Waals surface area contributed by atoms with Gasteiger partial charge in [-0.3, -0.25) is 5.43 Å². The fourth-order valence-electron chi connectivity index (χ4n) is 1.71. The molecule has 8 heteroatoms. The second-order valence-electron chi connectivity index (χ2n) is 4.99. The Morgan fingerprint density at radius 3 is 2.38 bits per heavy atom. The molecule has 1 aromatic heterocycles. The van der Waals surface area contributed by atoms with E-state index >= 15 is 0 Å². The van der Waals surface area contributed by atoms with Crippen molar-refractivity contribution in [2.45, 2.75) is 27.7 Å². The number of anilines is 3. The largest absolute Gasteiger partial charge is 0.379 e. The molecule has 1 aromatic rings. The molecular weight excluding hydrogens is 270 g/mol. The SMILES string of the molecule is CCN(CC)c1nc(NN)nc(NCCOCC(C)C)n1. The molecule has 0 bridgehead atoms. The van der Waals surface area contributed by atoms with E-state index in [0.29, 0.717) is 36.9 Å². The summed E-state index contributed by atoms with van der Waals surface area (Å²) in [4.78, 5) is 14.9. The van der Waals surface area contributed by atoms with Gasteiger partial charge in [-0.25, -0.2) is 5.84 Å². The van der Waals surface area contributed by atoms with Gasteiger partial charge in [0, 0.05) is 26.2 Å². The highest BCUT2D eigenvalue weighted by Gasteiger charge is 2.10. The van der Waals surface area contributed by atoms with Crippen LogP contribution in [0.25, 0.3) is 0 Å². The van der Waals surface area contributed by atoms with Gasteiger partial charge in [-0.2, -0.15) is 15.0 Å². The van der Waals surface area contributed by atoms with E-state index in [9.17, 15) is 0 Å². The third kappa shape index (κ3) is 6.09. The van der Waals surface area contributed by atoms with Crippen LogP contribution in [-0.2, 0) is 4.74 Å². The first-order valence-electron chi connectivity index (χ1n) is 7.39. The maximum atomic E-state index is 5.51. The first-order chi connectivity index (χ1) is 10.1. The van der Waals surface area contributed by atoms with Gasteiger partial charge in [-0.1, -0.05) is 13.8 Å². The van der Waals surface area contributed by atoms with Gasteiger partial charge in [-0.15, -0.1) is 0 Å². The summed E-state index contributed by atoms with van der Waals surface area (Å²) in [5.41, 5.74) is 2.47. The fraction of sp³-hybridized carbons (Fsp3) is 0.769. The lowest BCUT2D eigenvalue weighted by molar-refractivity contribution is 0.118. The first-order valence-corrected chi connectivity index (χ1v) is 7.39. The average Bonchev–Trinajstić information content (AvgIpc) is 2.47. The molecule has 0 saturated carbocycles. The van der Waals surface area contributed by atoms with Crippen molar-refractivity contribution < 1.29 is 4.74 Å². The van der Waals surface area contributed by atoms with Crippen LogP contribution in [-0.4, -0.2) is 47.8 Å². The minimum Gasteiger partial charge on any atom is -0.379 e. The number of hydrogen-bond donors (Lipinski definition) is 3. The molecule has 0 unspecified atom stereocenters. The molecule has 8 nitrogen and oxygen atoms in total. The molecule has 0 saturated heterocycles. The minimum absolute atomic E-state index is 0.345. The molecule has 1 rings (SSSR count). The lowest BCUT2D eigenvalue weighted by Crippen LogP contribution is -2.26. The van der Waals surface area contributed by atoms with Crippen molar-refractivity contribution in [1.82, 2.24) is 15.0 Å². The number of hydrazine groups is 1. The number of nitrogens with zero attached hydrogens (tertiary/aromatic N) is 4. The average molecular weight is 297 g/mol. The molecule has 21 heavy (non-hydrogen) atoms. The van der Waals surface area contributed by atoms with Gasteiger partial charge >= 0.3 is 0 Å². The van der Waals surface area contributed by atoms with E-state index in [0.717, 1.165) is 19.7 Å². The molecule has 0 fully saturated rings. The second kappa shape index (κ2) is 9.30. The number of nitrogens with two attached hydrogens (primary N) is 1. The molecule has 0 aromatic carbocycles. The zero-order valence-electron chi connectivity index (χ0n) is 13.4. The molecular formula is C13H27N7O. The molecule has 4 N–H and O–H groups in total. The van der Waals surface area contributed by atoms with Crippen LogP contribution < -0.4 is 21.5 Å². The first kappa shape index (κ1) is 17.4. The standard InChI is InChI=1S/C13H27N7O/c1-5-20(6-2)13-17-11(16-12(18-13)19-14)15-7-8-21-9-10(3)4/h10H,5-9,14H2,1-4H3,(H2,15,16,17,18,19). The monoisotopic (exact) mass is 297 g/mol. The minimum atomic E-state index is 0.345. The van der Waals surface area contributed by atoms with Gasteiger partial charge in [0.2, 0.25) is 17.8 Å². The molecule has 0 aliphatic heterocycles. The van der Waals surface area contributed by atoms with E-state index in [1.54, 1.807) is 0 Å². The second-order valence-corrected chi connectivity index (χ2v) is 4.99. The predicted molar refractivity (Wildman–Crippen MR) is 85.3 cm³/mol. The van der Waals surface area contributed by atoms with Crippen molar-refractivity contribution >= 4 is 17.8 Å². The van der Waals surface area contributed by atoms with E-state index in [-0.39, 0.29) is 0 Å². The van der Waals surface area contributed by atoms with Crippen molar-refractivity contribution in [3.8, 4) is 0 Å². The zero-order chi connectivity index (χ0) is 15.7. The summed E-state index contributed by atoms with van der Waals surface area (Å²) >= 11 is 0. The predicted octanol–water partition coefficient (Wildman–Crippen LogP) is 1.09. The summed E-state index contributed by atoms with van der Waals surface area (Å²) in [5.74, 6) is 7.38. The number of hydrogen-bond acceptors (Lipinski definition) is 8. The molecule has 0 aliphatic rings. The Morgan fingerprint density at radius 2 is 1.81 bits per heavy atom. The summed E-state index contributed by atoms with van der Waals surface area (Å²) in [6.45, 7) is 12.0. The highest BCUT2D eigenvalue weighted by molar-refractivity contribution is 5.43. The third-order valence-corrected chi connectivity index (χ3v) is 2.78. The molecule has 120 valence electrons. The van der Waals surface area contributed by atoms with Gasteiger partial charge in [0.25, 0.3) is 0 Å². The fourth-order valence-corrected chi connectivity index (χ4v) is 1.71. The van der Waals surface area contributed by atoms with E-state index in [1.165, 1.54) is 0 Å². The summed E-state index contributed by atoms with van der Waals surface area (Å²) in [6.07, 6.45) is 0. The Hall–Kier alpha value is -1.67. The van der Waals surface area contributed by atoms with Crippen molar-refractivity contribution in [1.29, 1.82) is 0 Å². The van der Waals surface area contributed by atoms with Crippen LogP contribution in [0.2, 0.25) is 0 Å². The highest BCUT2D eigenvalue weighted by atomic mass is 16.5. The smallest absolute Gasteiger partial charge is 0.243 e. The summed E-state index contributed by atoms with van der Waals surface area (Å²) in [5, 5.41) is 3.13. The number of nitrogen functional groups attached to an aromatic ring is 1. The van der Waals surface area contributed by atoms with E-state index < -0.39 is 0 Å². The third-order valence-electron chi connectivity index (χ3n) is 2.78. The van der Waals surface area contributed by atoms with Crippen LogP contribution >= 0.6 is 0 Å². The normalized spacial score (nSPS) is 10.8. The molecule has 1 heterocycles. The Bertz CT molecular complexity index is 410. The number of ether oxygens (including phenoxy) is 1. The molecule has 0 radical (unpaired) electrons. The number of nitrogens with one attached hydrogen (secondary N) is 2. The Morgan fingerprint density at radius 1 is 1.14 bits per heavy atom. The van der Waals surface area contributed by atoms with Gasteiger partial charge < -0.3 is 15.0 Å². The van der Waals surface area contributed by atoms with Gasteiger partial charge in [0.1, 0.15) is 0 Å². The van der Waals surface area contributed by atoms with Crippen LogP contribution in [0, 0.1) is 5.92 Å². The highest BCUT2D eigenvalue weighted by Crippen LogP contribution is 2.12. The molecule has 0 amide bonds. The Kier molecular flexibility index (Phi) is 7.70. The summed E-state index contributed by atoms with van der Waals surface area (Å²) < 4.78 is 5.51. The van der Waals surface area contributed by atoms with Crippen molar-refractivity contribution in [3.05, 3.63) is 0 Å². The van der Waals surface area contributed by atoms with Gasteiger partial charge in [0.15, 0.2) is 0 Å². The van der Waals surface area contributed by atoms with Crippen LogP contribution in [0.1, 0.15) is 27.7 Å². The van der Waals surface area contributed by atoms with E-state index in [1.807, 2.05) is 4.90 Å². The van der Waals surface area contributed by atoms with E-state index in [4.69, 9.17) is 10.6 Å². The maximum absolute atomic E-state index is 5.51. The number of rotatable bonds is 10. The Labute approximate surface area is 126 Å². The van der Waals surface area contributed by atoms with Crippen molar-refractivity contribution in [2.75, 3.05) is 48.5 Å².